The molecule has 0 bridgehead atoms. The first-order valence-corrected chi connectivity index (χ1v) is 8.56. The Hall–Kier alpha value is 1.99. The van der Waals surface area contributed by atoms with Crippen LogP contribution < -0.4 is 114 Å². The van der Waals surface area contributed by atoms with E-state index in [2.05, 4.69) is 10.1 Å². The van der Waals surface area contributed by atoms with Crippen LogP contribution in [0.4, 0.5) is 5.69 Å². The summed E-state index contributed by atoms with van der Waals surface area (Å²) in [6.07, 6.45) is 0. The number of ether oxygens (including phenoxy) is 1. The fourth-order valence-corrected chi connectivity index (χ4v) is 3.22. The standard InChI is InChI=1S/C10H16N2O8S2.2K/c1-6(12-13)7-3-8(11-5-20-2)10(22(17,18)19)4-9(7)21(14,15)16;;/h3-4,6,11-13H,5H2,1-2H3,(H,14,15,16)(H,17,18,19);;/q;2*+1/p-2. The summed E-state index contributed by atoms with van der Waals surface area (Å²) in [4.78, 5) is -1.83. The van der Waals surface area contributed by atoms with Gasteiger partial charge in [-0.3, -0.25) is 0 Å². The third kappa shape index (κ3) is 7.93. The van der Waals surface area contributed by atoms with Crippen molar-refractivity contribution in [2.75, 3.05) is 19.2 Å². The largest absolute Gasteiger partial charge is 1.00 e. The van der Waals surface area contributed by atoms with Crippen LogP contribution >= 0.6 is 0 Å². The van der Waals surface area contributed by atoms with E-state index in [1.807, 2.05) is 0 Å². The van der Waals surface area contributed by atoms with E-state index in [1.54, 1.807) is 5.48 Å². The number of hydroxylamine groups is 1. The normalized spacial score (nSPS) is 12.7. The number of hydrogen-bond donors (Lipinski definition) is 3. The fourth-order valence-electron chi connectivity index (χ4n) is 1.70. The van der Waals surface area contributed by atoms with Gasteiger partial charge < -0.3 is 24.4 Å². The minimum absolute atomic E-state index is 0. The molecule has 0 saturated heterocycles. The number of anilines is 1. The maximum Gasteiger partial charge on any atom is 1.00 e. The van der Waals surface area contributed by atoms with Crippen molar-refractivity contribution in [1.29, 1.82) is 0 Å². The molecule has 0 amide bonds. The molecule has 126 valence electrons. The van der Waals surface area contributed by atoms with Gasteiger partial charge in [0.05, 0.1) is 21.5 Å². The monoisotopic (exact) mass is 432 g/mol. The molecule has 0 aliphatic rings. The van der Waals surface area contributed by atoms with Gasteiger partial charge in [0.2, 0.25) is 0 Å². The van der Waals surface area contributed by atoms with E-state index < -0.39 is 36.1 Å². The van der Waals surface area contributed by atoms with Crippen LogP contribution in [0.5, 0.6) is 0 Å². The smallest absolute Gasteiger partial charge is 0.744 e. The molecule has 0 spiro atoms. The van der Waals surface area contributed by atoms with Gasteiger partial charge >= 0.3 is 103 Å². The molecule has 0 fully saturated rings. The summed E-state index contributed by atoms with van der Waals surface area (Å²) in [5, 5.41) is 11.4. The molecule has 0 saturated carbocycles. The molecule has 3 N–H and O–H groups in total. The van der Waals surface area contributed by atoms with Crippen molar-refractivity contribution in [2.24, 2.45) is 0 Å². The van der Waals surface area contributed by atoms with Crippen molar-refractivity contribution in [3.8, 4) is 0 Å². The first-order chi connectivity index (χ1) is 10.0. The van der Waals surface area contributed by atoms with Gasteiger partial charge in [-0.05, 0) is 24.6 Å². The number of nitrogens with one attached hydrogen (secondary N) is 2. The minimum Gasteiger partial charge on any atom is -0.744 e. The minimum atomic E-state index is -5.07. The maximum absolute atomic E-state index is 11.3. The van der Waals surface area contributed by atoms with E-state index in [4.69, 9.17) is 5.21 Å². The van der Waals surface area contributed by atoms with Gasteiger partial charge in [-0.1, -0.05) is 0 Å². The molecule has 0 aliphatic heterocycles. The van der Waals surface area contributed by atoms with Gasteiger partial charge in [0.15, 0.2) is 0 Å². The molecule has 1 aromatic carbocycles. The van der Waals surface area contributed by atoms with Gasteiger partial charge in [-0.25, -0.2) is 16.8 Å². The first-order valence-electron chi connectivity index (χ1n) is 5.74. The van der Waals surface area contributed by atoms with E-state index >= 15 is 0 Å². The Kier molecular flexibility index (Phi) is 13.8. The van der Waals surface area contributed by atoms with Gasteiger partial charge in [0.25, 0.3) is 0 Å². The van der Waals surface area contributed by atoms with Crippen molar-refractivity contribution in [3.05, 3.63) is 17.7 Å². The number of benzene rings is 1. The molecule has 0 aromatic heterocycles. The molecule has 0 heterocycles. The van der Waals surface area contributed by atoms with Crippen molar-refractivity contribution in [1.82, 2.24) is 5.48 Å². The summed E-state index contributed by atoms with van der Waals surface area (Å²) in [5.41, 5.74) is 1.29. The first kappa shape index (κ1) is 28.2. The maximum atomic E-state index is 11.3. The van der Waals surface area contributed by atoms with Crippen molar-refractivity contribution in [2.45, 2.75) is 22.8 Å². The Balaban J connectivity index is 0. The van der Waals surface area contributed by atoms with Crippen LogP contribution in [0.25, 0.3) is 0 Å². The summed E-state index contributed by atoms with van der Waals surface area (Å²) < 4.78 is 72.2. The Bertz CT molecular complexity index is 754. The number of hydrogen-bond acceptors (Lipinski definition) is 10. The average Bonchev–Trinajstić information content (AvgIpc) is 2.41. The van der Waals surface area contributed by atoms with Crippen LogP contribution in [0.15, 0.2) is 21.9 Å². The second kappa shape index (κ2) is 11.7. The molecule has 10 nitrogen and oxygen atoms in total. The number of methoxy groups -OCH3 is 1. The van der Waals surface area contributed by atoms with Crippen LogP contribution in [-0.4, -0.2) is 45.0 Å². The molecule has 1 rings (SSSR count). The van der Waals surface area contributed by atoms with Crippen LogP contribution in [0, 0.1) is 0 Å². The van der Waals surface area contributed by atoms with Crippen molar-refractivity contribution < 1.29 is 139 Å². The fraction of sp³-hybridized carbons (Fsp3) is 0.400. The molecule has 1 unspecified atom stereocenters. The predicted molar refractivity (Wildman–Crippen MR) is 71.2 cm³/mol. The average molecular weight is 433 g/mol. The molecule has 1 atom stereocenters. The van der Waals surface area contributed by atoms with E-state index in [1.165, 1.54) is 14.0 Å². The summed E-state index contributed by atoms with van der Waals surface area (Å²) in [6, 6.07) is 0.430. The van der Waals surface area contributed by atoms with Crippen molar-refractivity contribution in [3.63, 3.8) is 0 Å². The molecule has 0 aliphatic carbocycles. The SMILES string of the molecule is COCNc1cc(C(C)NO)c(S(=O)(=O)[O-])cc1S(=O)(=O)[O-].[K+].[K+]. The van der Waals surface area contributed by atoms with Gasteiger partial charge in [0.1, 0.15) is 27.0 Å². The third-order valence-corrected chi connectivity index (χ3v) is 4.49. The number of rotatable bonds is 7. The Morgan fingerprint density at radius 3 is 2.00 bits per heavy atom. The second-order valence-electron chi connectivity index (χ2n) is 4.26. The summed E-state index contributed by atoms with van der Waals surface area (Å²) in [5.74, 6) is 0. The second-order valence-corrected chi connectivity index (χ2v) is 6.95. The van der Waals surface area contributed by atoms with Crippen LogP contribution in [0.3, 0.4) is 0 Å². The van der Waals surface area contributed by atoms with Crippen LogP contribution in [0.1, 0.15) is 18.5 Å². The quantitative estimate of drug-likeness (QED) is 0.163. The Morgan fingerprint density at radius 2 is 1.62 bits per heavy atom. The topological polar surface area (TPSA) is 168 Å². The zero-order chi connectivity index (χ0) is 17.1. The zero-order valence-electron chi connectivity index (χ0n) is 13.6. The van der Waals surface area contributed by atoms with E-state index in [0.29, 0.717) is 6.07 Å². The van der Waals surface area contributed by atoms with E-state index in [9.17, 15) is 25.9 Å². The molecule has 1 aromatic rings. The molecular formula is C10H14K2N2O8S2. The molecule has 14 heteroatoms. The van der Waals surface area contributed by atoms with Crippen LogP contribution in [-0.2, 0) is 25.0 Å². The Labute approximate surface area is 225 Å². The summed E-state index contributed by atoms with van der Waals surface area (Å²) >= 11 is 0. The molecule has 0 radical (unpaired) electrons. The predicted octanol–water partition coefficient (Wildman–Crippen LogP) is -6.44. The van der Waals surface area contributed by atoms with Crippen molar-refractivity contribution >= 4 is 25.9 Å². The molecular weight excluding hydrogens is 418 g/mol. The van der Waals surface area contributed by atoms with E-state index in [0.717, 1.165) is 6.07 Å². The summed E-state index contributed by atoms with van der Waals surface area (Å²) in [6.45, 7) is 1.15. The molecule has 24 heavy (non-hydrogen) atoms. The van der Waals surface area contributed by atoms with Gasteiger partial charge in [-0.15, -0.1) is 0 Å². The summed E-state index contributed by atoms with van der Waals surface area (Å²) in [7, 11) is -8.82. The third-order valence-electron chi connectivity index (χ3n) is 2.72. The van der Waals surface area contributed by atoms with Gasteiger partial charge in [0, 0.05) is 7.11 Å². The van der Waals surface area contributed by atoms with Gasteiger partial charge in [-0.2, -0.15) is 5.48 Å². The van der Waals surface area contributed by atoms with E-state index in [-0.39, 0.29) is 121 Å². The zero-order valence-corrected chi connectivity index (χ0v) is 21.4. The van der Waals surface area contributed by atoms with Crippen LogP contribution in [0.2, 0.25) is 0 Å². The Morgan fingerprint density at radius 1 is 1.12 bits per heavy atom.